The fourth-order valence-corrected chi connectivity index (χ4v) is 2.60. The molecule has 0 radical (unpaired) electrons. The van der Waals surface area contributed by atoms with Crippen molar-refractivity contribution in [3.8, 4) is 0 Å². The van der Waals surface area contributed by atoms with Crippen molar-refractivity contribution >= 4 is 28.0 Å². The number of hydrogen-bond acceptors (Lipinski definition) is 3. The van der Waals surface area contributed by atoms with Crippen molar-refractivity contribution in [3.05, 3.63) is 64.5 Å². The van der Waals surface area contributed by atoms with E-state index < -0.39 is 0 Å². The normalized spacial score (nSPS) is 10.7. The summed E-state index contributed by atoms with van der Waals surface area (Å²) in [6.07, 6.45) is 2.12. The number of hydrogen-bond donors (Lipinski definition) is 0. The quantitative estimate of drug-likeness (QED) is 0.666. The van der Waals surface area contributed by atoms with Gasteiger partial charge in [0.05, 0.1) is 5.52 Å². The van der Waals surface area contributed by atoms with E-state index in [1.54, 1.807) is 17.5 Å². The second-order valence-corrected chi connectivity index (χ2v) is 5.13. The molecule has 3 rings (SSSR count). The summed E-state index contributed by atoms with van der Waals surface area (Å²) < 4.78 is 0. The number of carbonyl (C=O) groups is 1. The van der Waals surface area contributed by atoms with Crippen molar-refractivity contribution in [2.24, 2.45) is 0 Å². The lowest BCUT2D eigenvalue weighted by Gasteiger charge is -2.01. The summed E-state index contributed by atoms with van der Waals surface area (Å²) >= 11 is 1.61. The monoisotopic (exact) mass is 253 g/mol. The van der Waals surface area contributed by atoms with Gasteiger partial charge in [0.1, 0.15) is 0 Å². The molecule has 0 saturated heterocycles. The Kier molecular flexibility index (Phi) is 2.90. The highest BCUT2D eigenvalue weighted by atomic mass is 32.1. The van der Waals surface area contributed by atoms with Crippen LogP contribution in [0.3, 0.4) is 0 Å². The van der Waals surface area contributed by atoms with Crippen LogP contribution >= 0.6 is 11.3 Å². The Morgan fingerprint density at radius 1 is 1.17 bits per heavy atom. The van der Waals surface area contributed by atoms with Crippen LogP contribution < -0.4 is 0 Å². The topological polar surface area (TPSA) is 30.0 Å². The third-order valence-corrected chi connectivity index (χ3v) is 3.70. The molecule has 0 aliphatic rings. The lowest BCUT2D eigenvalue weighted by atomic mass is 10.1. The number of thiophene rings is 1. The molecule has 0 bridgehead atoms. The first-order valence-corrected chi connectivity index (χ1v) is 6.61. The predicted molar refractivity (Wildman–Crippen MR) is 74.1 cm³/mol. The molecule has 2 nitrogen and oxygen atoms in total. The molecule has 88 valence electrons. The summed E-state index contributed by atoms with van der Waals surface area (Å²) in [5.41, 5.74) is 1.60. The maximum absolute atomic E-state index is 12.1. The van der Waals surface area contributed by atoms with Crippen LogP contribution in [0.1, 0.15) is 15.2 Å². The average molecular weight is 253 g/mol. The van der Waals surface area contributed by atoms with Gasteiger partial charge in [0.2, 0.25) is 0 Å². The number of nitrogens with zero attached hydrogens (tertiary/aromatic N) is 1. The minimum atomic E-state index is 0.121. The lowest BCUT2D eigenvalue weighted by Crippen LogP contribution is -2.02. The van der Waals surface area contributed by atoms with Crippen molar-refractivity contribution in [2.75, 3.05) is 0 Å². The summed E-state index contributed by atoms with van der Waals surface area (Å²) in [4.78, 5) is 17.5. The molecule has 3 heteroatoms. The van der Waals surface area contributed by atoms with Gasteiger partial charge in [-0.2, -0.15) is 0 Å². The van der Waals surface area contributed by atoms with E-state index in [2.05, 4.69) is 4.98 Å². The molecule has 0 amide bonds. The third-order valence-electron chi connectivity index (χ3n) is 2.83. The fourth-order valence-electron chi connectivity index (χ4n) is 1.90. The van der Waals surface area contributed by atoms with Gasteiger partial charge in [0.25, 0.3) is 0 Å². The van der Waals surface area contributed by atoms with Crippen molar-refractivity contribution in [3.63, 3.8) is 0 Å². The first-order chi connectivity index (χ1) is 8.83. The van der Waals surface area contributed by atoms with Gasteiger partial charge in [-0.25, -0.2) is 0 Å². The van der Waals surface area contributed by atoms with E-state index in [4.69, 9.17) is 0 Å². The number of fused-ring (bicyclic) bond motifs is 1. The molecule has 0 saturated carbocycles. The lowest BCUT2D eigenvalue weighted by molar-refractivity contribution is 0.0993. The Morgan fingerprint density at radius 2 is 2.06 bits per heavy atom. The number of ketones is 1. The summed E-state index contributed by atoms with van der Waals surface area (Å²) in [5.74, 6) is 0.121. The minimum absolute atomic E-state index is 0.121. The van der Waals surface area contributed by atoms with Crippen molar-refractivity contribution < 1.29 is 4.79 Å². The second kappa shape index (κ2) is 4.70. The Bertz CT molecular complexity index is 689. The van der Waals surface area contributed by atoms with E-state index in [-0.39, 0.29) is 5.78 Å². The summed E-state index contributed by atoms with van der Waals surface area (Å²) in [5, 5.41) is 3.00. The van der Waals surface area contributed by atoms with Crippen LogP contribution in [0, 0.1) is 0 Å². The average Bonchev–Trinajstić information content (AvgIpc) is 2.91. The Labute approximate surface area is 109 Å². The first kappa shape index (κ1) is 11.1. The molecule has 0 unspecified atom stereocenters. The molecule has 0 aliphatic heterocycles. The predicted octanol–water partition coefficient (Wildman–Crippen LogP) is 3.72. The largest absolute Gasteiger partial charge is 0.294 e. The molecule has 2 aromatic heterocycles. The summed E-state index contributed by atoms with van der Waals surface area (Å²) in [6.45, 7) is 0. The van der Waals surface area contributed by atoms with Gasteiger partial charge in [-0.1, -0.05) is 24.3 Å². The highest BCUT2D eigenvalue weighted by Crippen LogP contribution is 2.16. The van der Waals surface area contributed by atoms with Crippen molar-refractivity contribution in [1.82, 2.24) is 4.98 Å². The maximum atomic E-state index is 12.1. The summed E-state index contributed by atoms with van der Waals surface area (Å²) in [6, 6.07) is 13.7. The van der Waals surface area contributed by atoms with Gasteiger partial charge in [0.15, 0.2) is 5.78 Å². The maximum Gasteiger partial charge on any atom is 0.169 e. The SMILES string of the molecule is O=C(Cc1cccs1)c1cnc2ccccc2c1. The van der Waals surface area contributed by atoms with E-state index >= 15 is 0 Å². The van der Waals surface area contributed by atoms with E-state index in [9.17, 15) is 4.79 Å². The van der Waals surface area contributed by atoms with Gasteiger partial charge >= 0.3 is 0 Å². The molecular weight excluding hydrogens is 242 g/mol. The van der Waals surface area contributed by atoms with Crippen LogP contribution in [-0.4, -0.2) is 10.8 Å². The molecule has 0 spiro atoms. The number of Topliss-reactive ketones (excluding diaryl/α,β-unsaturated/α-hetero) is 1. The standard InChI is InChI=1S/C15H11NOS/c17-15(9-13-5-3-7-18-13)12-8-11-4-1-2-6-14(11)16-10-12/h1-8,10H,9H2. The zero-order valence-electron chi connectivity index (χ0n) is 9.67. The van der Waals surface area contributed by atoms with Gasteiger partial charge in [-0.3, -0.25) is 9.78 Å². The molecule has 0 fully saturated rings. The minimum Gasteiger partial charge on any atom is -0.294 e. The van der Waals surface area contributed by atoms with Crippen LogP contribution in [0.2, 0.25) is 0 Å². The highest BCUT2D eigenvalue weighted by Gasteiger charge is 2.08. The van der Waals surface area contributed by atoms with E-state index in [0.29, 0.717) is 12.0 Å². The van der Waals surface area contributed by atoms with E-state index in [1.807, 2.05) is 47.8 Å². The van der Waals surface area contributed by atoms with Gasteiger partial charge < -0.3 is 0 Å². The Balaban J connectivity index is 1.92. The van der Waals surface area contributed by atoms with Crippen molar-refractivity contribution in [1.29, 1.82) is 0 Å². The third kappa shape index (κ3) is 2.17. The van der Waals surface area contributed by atoms with Crippen LogP contribution in [0.5, 0.6) is 0 Å². The second-order valence-electron chi connectivity index (χ2n) is 4.10. The Morgan fingerprint density at radius 3 is 2.89 bits per heavy atom. The van der Waals surface area contributed by atoms with Gasteiger partial charge in [0, 0.05) is 28.4 Å². The molecule has 0 aliphatic carbocycles. The number of rotatable bonds is 3. The summed E-state index contributed by atoms with van der Waals surface area (Å²) in [7, 11) is 0. The smallest absolute Gasteiger partial charge is 0.169 e. The van der Waals surface area contributed by atoms with Gasteiger partial charge in [-0.15, -0.1) is 11.3 Å². The zero-order chi connectivity index (χ0) is 12.4. The zero-order valence-corrected chi connectivity index (χ0v) is 10.5. The first-order valence-electron chi connectivity index (χ1n) is 5.73. The molecule has 0 N–H and O–H groups in total. The van der Waals surface area contributed by atoms with Crippen LogP contribution in [-0.2, 0) is 6.42 Å². The Hall–Kier alpha value is -2.00. The van der Waals surface area contributed by atoms with Gasteiger partial charge in [-0.05, 0) is 23.6 Å². The van der Waals surface area contributed by atoms with E-state index in [1.165, 1.54) is 0 Å². The highest BCUT2D eigenvalue weighted by molar-refractivity contribution is 7.10. The molecule has 1 aromatic carbocycles. The number of para-hydroxylation sites is 1. The number of benzene rings is 1. The fraction of sp³-hybridized carbons (Fsp3) is 0.0667. The molecule has 0 atom stereocenters. The van der Waals surface area contributed by atoms with Crippen LogP contribution in [0.4, 0.5) is 0 Å². The van der Waals surface area contributed by atoms with E-state index in [0.717, 1.165) is 15.8 Å². The molecule has 18 heavy (non-hydrogen) atoms. The molecular formula is C15H11NOS. The molecule has 3 aromatic rings. The number of carbonyl (C=O) groups excluding carboxylic acids is 1. The van der Waals surface area contributed by atoms with Crippen LogP contribution in [0.25, 0.3) is 10.9 Å². The van der Waals surface area contributed by atoms with Crippen LogP contribution in [0.15, 0.2) is 54.0 Å². The number of aromatic nitrogens is 1. The van der Waals surface area contributed by atoms with Crippen molar-refractivity contribution in [2.45, 2.75) is 6.42 Å². The number of pyridine rings is 1. The molecule has 2 heterocycles.